The van der Waals surface area contributed by atoms with E-state index in [1.807, 2.05) is 58.0 Å². The number of ether oxygens (including phenoxy) is 1. The minimum atomic E-state index is -0.528. The Labute approximate surface area is 167 Å². The van der Waals surface area contributed by atoms with Gasteiger partial charge in [0.05, 0.1) is 0 Å². The number of aryl methyl sites for hydroxylation is 1. The van der Waals surface area contributed by atoms with Crippen LogP contribution in [0, 0.1) is 10.5 Å². The van der Waals surface area contributed by atoms with Gasteiger partial charge in [0.1, 0.15) is 5.60 Å². The van der Waals surface area contributed by atoms with Gasteiger partial charge in [-0.25, -0.2) is 4.79 Å². The van der Waals surface area contributed by atoms with Crippen molar-refractivity contribution in [3.63, 3.8) is 0 Å². The van der Waals surface area contributed by atoms with Crippen molar-refractivity contribution in [1.29, 1.82) is 0 Å². The molecule has 0 heterocycles. The Hall–Kier alpha value is -2.09. The summed E-state index contributed by atoms with van der Waals surface area (Å²) >= 11 is 2.24. The highest BCUT2D eigenvalue weighted by atomic mass is 127. The number of rotatable bonds is 4. The van der Waals surface area contributed by atoms with Crippen molar-refractivity contribution >= 4 is 40.3 Å². The third-order valence-electron chi connectivity index (χ3n) is 3.48. The van der Waals surface area contributed by atoms with E-state index in [0.717, 1.165) is 14.8 Å². The van der Waals surface area contributed by atoms with Gasteiger partial charge in [-0.1, -0.05) is 18.2 Å². The quantitative estimate of drug-likeness (QED) is 0.632. The average Bonchev–Trinajstić information content (AvgIpc) is 2.55. The molecule has 0 radical (unpaired) electrons. The molecule has 138 valence electrons. The van der Waals surface area contributed by atoms with Gasteiger partial charge in [-0.3, -0.25) is 4.79 Å². The van der Waals surface area contributed by atoms with Gasteiger partial charge in [-0.15, -0.1) is 0 Å². The summed E-state index contributed by atoms with van der Waals surface area (Å²) in [4.78, 5) is 24.0. The molecule has 0 saturated carbocycles. The molecule has 0 unspecified atom stereocenters. The van der Waals surface area contributed by atoms with E-state index in [-0.39, 0.29) is 5.91 Å². The van der Waals surface area contributed by atoms with Gasteiger partial charge in [0.15, 0.2) is 0 Å². The molecule has 6 heteroatoms. The number of benzene rings is 2. The first-order valence-corrected chi connectivity index (χ1v) is 9.35. The standard InChI is InChI=1S/C20H23IN2O3/c1-13-5-10-16(11-17(13)21)23-18(24)15-8-6-14(7-9-15)12-22-19(25)26-20(2,3)4/h5-11H,12H2,1-4H3,(H,22,25)(H,23,24). The summed E-state index contributed by atoms with van der Waals surface area (Å²) < 4.78 is 6.29. The summed E-state index contributed by atoms with van der Waals surface area (Å²) in [5.41, 5.74) is 2.85. The number of carbonyl (C=O) groups excluding carboxylic acids is 2. The molecule has 0 saturated heterocycles. The first kappa shape index (κ1) is 20.2. The van der Waals surface area contributed by atoms with E-state index in [0.29, 0.717) is 12.1 Å². The van der Waals surface area contributed by atoms with Crippen LogP contribution in [-0.4, -0.2) is 17.6 Å². The molecular weight excluding hydrogens is 443 g/mol. The Bertz CT molecular complexity index is 796. The number of halogens is 1. The van der Waals surface area contributed by atoms with Crippen molar-refractivity contribution in [3.05, 3.63) is 62.7 Å². The van der Waals surface area contributed by atoms with Crippen molar-refractivity contribution in [3.8, 4) is 0 Å². The molecule has 2 aromatic rings. The lowest BCUT2D eigenvalue weighted by Gasteiger charge is -2.19. The largest absolute Gasteiger partial charge is 0.444 e. The topological polar surface area (TPSA) is 67.4 Å². The minimum Gasteiger partial charge on any atom is -0.444 e. The Balaban J connectivity index is 1.92. The fourth-order valence-electron chi connectivity index (χ4n) is 2.14. The van der Waals surface area contributed by atoms with Crippen molar-refractivity contribution in [2.24, 2.45) is 0 Å². The normalized spacial score (nSPS) is 11.0. The highest BCUT2D eigenvalue weighted by molar-refractivity contribution is 14.1. The summed E-state index contributed by atoms with van der Waals surface area (Å²) in [6, 6.07) is 12.9. The van der Waals surface area contributed by atoms with E-state index in [9.17, 15) is 9.59 Å². The van der Waals surface area contributed by atoms with Gasteiger partial charge in [-0.05, 0) is 85.7 Å². The predicted octanol–water partition coefficient (Wildman–Crippen LogP) is 4.88. The molecule has 2 amide bonds. The molecule has 0 spiro atoms. The Kier molecular flexibility index (Phi) is 6.63. The van der Waals surface area contributed by atoms with Gasteiger partial charge >= 0.3 is 6.09 Å². The van der Waals surface area contributed by atoms with Crippen molar-refractivity contribution in [2.75, 3.05) is 5.32 Å². The van der Waals surface area contributed by atoms with Crippen LogP contribution in [0.15, 0.2) is 42.5 Å². The number of nitrogens with one attached hydrogen (secondary N) is 2. The van der Waals surface area contributed by atoms with Crippen molar-refractivity contribution < 1.29 is 14.3 Å². The number of amides is 2. The maximum absolute atomic E-state index is 12.3. The molecular formula is C20H23IN2O3. The van der Waals surface area contributed by atoms with Crippen molar-refractivity contribution in [2.45, 2.75) is 39.8 Å². The van der Waals surface area contributed by atoms with Gasteiger partial charge < -0.3 is 15.4 Å². The zero-order valence-electron chi connectivity index (χ0n) is 15.4. The van der Waals surface area contributed by atoms with Gasteiger partial charge in [0.2, 0.25) is 0 Å². The monoisotopic (exact) mass is 466 g/mol. The average molecular weight is 466 g/mol. The van der Waals surface area contributed by atoms with Crippen LogP contribution in [-0.2, 0) is 11.3 Å². The van der Waals surface area contributed by atoms with Crippen LogP contribution in [0.1, 0.15) is 42.3 Å². The molecule has 26 heavy (non-hydrogen) atoms. The summed E-state index contributed by atoms with van der Waals surface area (Å²) in [5, 5.41) is 5.58. The molecule has 2 aromatic carbocycles. The third-order valence-corrected chi connectivity index (χ3v) is 4.64. The van der Waals surface area contributed by atoms with E-state index in [1.54, 1.807) is 12.1 Å². The molecule has 5 nitrogen and oxygen atoms in total. The third kappa shape index (κ3) is 6.33. The highest BCUT2D eigenvalue weighted by Crippen LogP contribution is 2.18. The number of alkyl carbamates (subject to hydrolysis) is 1. The lowest BCUT2D eigenvalue weighted by molar-refractivity contribution is 0.0523. The smallest absolute Gasteiger partial charge is 0.407 e. The fraction of sp³-hybridized carbons (Fsp3) is 0.300. The molecule has 2 N–H and O–H groups in total. The first-order valence-electron chi connectivity index (χ1n) is 8.27. The molecule has 0 aliphatic heterocycles. The second-order valence-corrected chi connectivity index (χ2v) is 8.13. The van der Waals surface area contributed by atoms with Crippen LogP contribution in [0.2, 0.25) is 0 Å². The highest BCUT2D eigenvalue weighted by Gasteiger charge is 2.15. The van der Waals surface area contributed by atoms with Gasteiger partial charge in [0.25, 0.3) is 5.91 Å². The Morgan fingerprint density at radius 3 is 2.31 bits per heavy atom. The number of carbonyl (C=O) groups is 2. The Morgan fingerprint density at radius 2 is 1.73 bits per heavy atom. The molecule has 0 bridgehead atoms. The van der Waals surface area contributed by atoms with Crippen LogP contribution in [0.25, 0.3) is 0 Å². The van der Waals surface area contributed by atoms with Crippen LogP contribution in [0.3, 0.4) is 0 Å². The summed E-state index contributed by atoms with van der Waals surface area (Å²) in [5.74, 6) is -0.170. The number of hydrogen-bond acceptors (Lipinski definition) is 3. The maximum atomic E-state index is 12.3. The zero-order valence-corrected chi connectivity index (χ0v) is 17.5. The van der Waals surface area contributed by atoms with E-state index in [1.165, 1.54) is 5.56 Å². The minimum absolute atomic E-state index is 0.170. The SMILES string of the molecule is Cc1ccc(NC(=O)c2ccc(CNC(=O)OC(C)(C)C)cc2)cc1I. The summed E-state index contributed by atoms with van der Waals surface area (Å²) in [6.07, 6.45) is -0.465. The van der Waals surface area contributed by atoms with Gasteiger partial charge in [-0.2, -0.15) is 0 Å². The van der Waals surface area contributed by atoms with Crippen LogP contribution >= 0.6 is 22.6 Å². The second kappa shape index (κ2) is 8.53. The van der Waals surface area contributed by atoms with E-state index in [2.05, 4.69) is 33.2 Å². The fourth-order valence-corrected chi connectivity index (χ4v) is 2.65. The van der Waals surface area contributed by atoms with Crippen LogP contribution in [0.4, 0.5) is 10.5 Å². The predicted molar refractivity (Wildman–Crippen MR) is 111 cm³/mol. The molecule has 2 rings (SSSR count). The van der Waals surface area contributed by atoms with E-state index < -0.39 is 11.7 Å². The Morgan fingerprint density at radius 1 is 1.08 bits per heavy atom. The van der Waals surface area contributed by atoms with E-state index in [4.69, 9.17) is 4.74 Å². The van der Waals surface area contributed by atoms with E-state index >= 15 is 0 Å². The maximum Gasteiger partial charge on any atom is 0.407 e. The lowest BCUT2D eigenvalue weighted by Crippen LogP contribution is -2.32. The molecule has 0 aromatic heterocycles. The lowest BCUT2D eigenvalue weighted by atomic mass is 10.1. The van der Waals surface area contributed by atoms with Crippen LogP contribution in [0.5, 0.6) is 0 Å². The molecule has 0 aliphatic carbocycles. The molecule has 0 atom stereocenters. The first-order chi connectivity index (χ1) is 12.1. The number of hydrogen-bond donors (Lipinski definition) is 2. The van der Waals surface area contributed by atoms with Crippen LogP contribution < -0.4 is 10.6 Å². The molecule has 0 fully saturated rings. The van der Waals surface area contributed by atoms with Crippen molar-refractivity contribution in [1.82, 2.24) is 5.32 Å². The zero-order chi connectivity index (χ0) is 19.3. The second-order valence-electron chi connectivity index (χ2n) is 6.97. The summed E-state index contributed by atoms with van der Waals surface area (Å²) in [7, 11) is 0. The number of anilines is 1. The summed E-state index contributed by atoms with van der Waals surface area (Å²) in [6.45, 7) is 7.81. The van der Waals surface area contributed by atoms with Gasteiger partial charge in [0, 0.05) is 21.4 Å². The molecule has 0 aliphatic rings.